The molecule has 0 aromatic heterocycles. The van der Waals surface area contributed by atoms with Gasteiger partial charge >= 0.3 is 0 Å². The van der Waals surface area contributed by atoms with E-state index in [0.717, 1.165) is 32.2 Å². The number of hydrogen-bond acceptors (Lipinski definition) is 3. The standard InChI is InChI=1S/C13H25N3O2/c1-4-6-9-16(10-7-8-10)12(17)13(3,5-2)11(14)15-18/h10,18H,4-9H2,1-3H3,(H2,14,15). The number of rotatable bonds is 7. The maximum absolute atomic E-state index is 12.6. The number of amides is 1. The summed E-state index contributed by atoms with van der Waals surface area (Å²) < 4.78 is 0. The van der Waals surface area contributed by atoms with Crippen molar-refractivity contribution in [1.29, 1.82) is 0 Å². The largest absolute Gasteiger partial charge is 0.409 e. The maximum atomic E-state index is 12.6. The van der Waals surface area contributed by atoms with Crippen molar-refractivity contribution in [3.63, 3.8) is 0 Å². The Hall–Kier alpha value is -1.26. The molecule has 1 aliphatic carbocycles. The molecule has 3 N–H and O–H groups in total. The quantitative estimate of drug-likeness (QED) is 0.316. The summed E-state index contributed by atoms with van der Waals surface area (Å²) in [4.78, 5) is 14.6. The van der Waals surface area contributed by atoms with Gasteiger partial charge in [0.2, 0.25) is 5.91 Å². The van der Waals surface area contributed by atoms with E-state index in [4.69, 9.17) is 10.9 Å². The molecule has 0 radical (unpaired) electrons. The molecule has 1 fully saturated rings. The van der Waals surface area contributed by atoms with E-state index in [0.29, 0.717) is 12.5 Å². The van der Waals surface area contributed by atoms with Gasteiger partial charge in [0, 0.05) is 12.6 Å². The molecule has 1 atom stereocenters. The smallest absolute Gasteiger partial charge is 0.236 e. The van der Waals surface area contributed by atoms with Crippen LogP contribution in [0.4, 0.5) is 0 Å². The summed E-state index contributed by atoms with van der Waals surface area (Å²) in [6.07, 6.45) is 4.75. The Morgan fingerprint density at radius 2 is 2.11 bits per heavy atom. The number of carbonyl (C=O) groups is 1. The van der Waals surface area contributed by atoms with Crippen molar-refractivity contribution in [2.75, 3.05) is 6.54 Å². The van der Waals surface area contributed by atoms with Crippen molar-refractivity contribution in [2.45, 2.75) is 58.9 Å². The second-order valence-corrected chi connectivity index (χ2v) is 5.25. The van der Waals surface area contributed by atoms with Crippen LogP contribution in [0.2, 0.25) is 0 Å². The van der Waals surface area contributed by atoms with Crippen LogP contribution in [0.5, 0.6) is 0 Å². The van der Waals surface area contributed by atoms with Gasteiger partial charge in [-0.3, -0.25) is 4.79 Å². The molecule has 1 aliphatic rings. The van der Waals surface area contributed by atoms with Gasteiger partial charge < -0.3 is 15.8 Å². The third-order valence-corrected chi connectivity index (χ3v) is 3.85. The minimum absolute atomic E-state index is 0.00347. The van der Waals surface area contributed by atoms with E-state index in [1.54, 1.807) is 6.92 Å². The zero-order valence-corrected chi connectivity index (χ0v) is 11.6. The molecule has 0 bridgehead atoms. The highest BCUT2D eigenvalue weighted by Gasteiger charge is 2.43. The summed E-state index contributed by atoms with van der Waals surface area (Å²) in [6, 6.07) is 0.362. The van der Waals surface area contributed by atoms with Crippen molar-refractivity contribution < 1.29 is 10.0 Å². The van der Waals surface area contributed by atoms with Crippen LogP contribution in [-0.4, -0.2) is 34.4 Å². The first-order chi connectivity index (χ1) is 8.51. The van der Waals surface area contributed by atoms with E-state index in [9.17, 15) is 4.79 Å². The molecule has 0 aromatic carbocycles. The van der Waals surface area contributed by atoms with Crippen LogP contribution < -0.4 is 5.73 Å². The van der Waals surface area contributed by atoms with Gasteiger partial charge in [0.05, 0.1) is 0 Å². The van der Waals surface area contributed by atoms with Gasteiger partial charge in [-0.25, -0.2) is 0 Å². The monoisotopic (exact) mass is 255 g/mol. The van der Waals surface area contributed by atoms with Crippen molar-refractivity contribution >= 4 is 11.7 Å². The van der Waals surface area contributed by atoms with Crippen LogP contribution in [-0.2, 0) is 4.79 Å². The molecule has 5 nitrogen and oxygen atoms in total. The Bertz CT molecular complexity index is 326. The van der Waals surface area contributed by atoms with Crippen molar-refractivity contribution in [1.82, 2.24) is 4.90 Å². The molecule has 104 valence electrons. The van der Waals surface area contributed by atoms with Gasteiger partial charge in [0.1, 0.15) is 5.41 Å². The van der Waals surface area contributed by atoms with Gasteiger partial charge in [-0.2, -0.15) is 0 Å². The fourth-order valence-corrected chi connectivity index (χ4v) is 2.03. The SMILES string of the molecule is CCCCN(C(=O)C(C)(CC)C(N)=NO)C1CC1. The molecular weight excluding hydrogens is 230 g/mol. The molecule has 0 spiro atoms. The molecule has 1 rings (SSSR count). The number of oxime groups is 1. The van der Waals surface area contributed by atoms with E-state index >= 15 is 0 Å². The lowest BCUT2D eigenvalue weighted by Gasteiger charge is -2.33. The summed E-state index contributed by atoms with van der Waals surface area (Å²) in [5, 5.41) is 11.9. The minimum atomic E-state index is -0.884. The molecule has 1 saturated carbocycles. The fraction of sp³-hybridized carbons (Fsp3) is 0.846. The molecule has 0 saturated heterocycles. The van der Waals surface area contributed by atoms with Gasteiger partial charge in [-0.1, -0.05) is 25.4 Å². The average Bonchev–Trinajstić information content (AvgIpc) is 3.21. The predicted octanol–water partition coefficient (Wildman–Crippen LogP) is 1.94. The van der Waals surface area contributed by atoms with Crippen molar-refractivity contribution in [2.24, 2.45) is 16.3 Å². The second-order valence-electron chi connectivity index (χ2n) is 5.25. The number of carbonyl (C=O) groups excluding carboxylic acids is 1. The number of hydrogen-bond donors (Lipinski definition) is 2. The summed E-state index contributed by atoms with van der Waals surface area (Å²) in [6.45, 7) is 6.53. The highest BCUT2D eigenvalue weighted by molar-refractivity contribution is 6.06. The first kappa shape index (κ1) is 14.8. The topological polar surface area (TPSA) is 78.9 Å². The Balaban J connectivity index is 2.85. The first-order valence-corrected chi connectivity index (χ1v) is 6.80. The number of nitrogens with two attached hydrogens (primary N) is 1. The maximum Gasteiger partial charge on any atom is 0.236 e. The summed E-state index contributed by atoms with van der Waals surface area (Å²) in [5.74, 6) is 0.00778. The van der Waals surface area contributed by atoms with Crippen LogP contribution in [0.15, 0.2) is 5.16 Å². The van der Waals surface area contributed by atoms with Crippen LogP contribution >= 0.6 is 0 Å². The molecule has 1 unspecified atom stereocenters. The zero-order chi connectivity index (χ0) is 13.8. The predicted molar refractivity (Wildman–Crippen MR) is 71.4 cm³/mol. The lowest BCUT2D eigenvalue weighted by atomic mass is 9.84. The van der Waals surface area contributed by atoms with Crippen LogP contribution in [0, 0.1) is 5.41 Å². The van der Waals surface area contributed by atoms with E-state index in [-0.39, 0.29) is 11.7 Å². The van der Waals surface area contributed by atoms with Crippen molar-refractivity contribution in [3.05, 3.63) is 0 Å². The Morgan fingerprint density at radius 3 is 2.50 bits per heavy atom. The van der Waals surface area contributed by atoms with E-state index < -0.39 is 5.41 Å². The number of amidine groups is 1. The molecule has 0 aromatic rings. The Labute approximate surface area is 109 Å². The van der Waals surface area contributed by atoms with E-state index in [1.807, 2.05) is 11.8 Å². The molecular formula is C13H25N3O2. The summed E-state index contributed by atoms with van der Waals surface area (Å²) >= 11 is 0. The molecule has 18 heavy (non-hydrogen) atoms. The normalized spacial score (nSPS) is 19.4. The van der Waals surface area contributed by atoms with Gasteiger partial charge in [0.25, 0.3) is 0 Å². The molecule has 1 amide bonds. The van der Waals surface area contributed by atoms with Crippen LogP contribution in [0.25, 0.3) is 0 Å². The Morgan fingerprint density at radius 1 is 1.50 bits per heavy atom. The number of unbranched alkanes of at least 4 members (excludes halogenated alkanes) is 1. The molecule has 5 heteroatoms. The van der Waals surface area contributed by atoms with Crippen LogP contribution in [0.3, 0.4) is 0 Å². The Kier molecular flexibility index (Phi) is 4.99. The second kappa shape index (κ2) is 6.07. The molecule has 0 aliphatic heterocycles. The molecule has 0 heterocycles. The third kappa shape index (κ3) is 2.94. The van der Waals surface area contributed by atoms with Crippen LogP contribution in [0.1, 0.15) is 52.9 Å². The van der Waals surface area contributed by atoms with Gasteiger partial charge in [0.15, 0.2) is 5.84 Å². The average molecular weight is 255 g/mol. The fourth-order valence-electron chi connectivity index (χ4n) is 2.03. The number of nitrogens with zero attached hydrogens (tertiary/aromatic N) is 2. The first-order valence-electron chi connectivity index (χ1n) is 6.80. The van der Waals surface area contributed by atoms with Gasteiger partial charge in [-0.05, 0) is 32.6 Å². The highest BCUT2D eigenvalue weighted by atomic mass is 16.4. The van der Waals surface area contributed by atoms with E-state index in [2.05, 4.69) is 12.1 Å². The summed E-state index contributed by atoms with van der Waals surface area (Å²) in [7, 11) is 0. The zero-order valence-electron chi connectivity index (χ0n) is 11.6. The lowest BCUT2D eigenvalue weighted by molar-refractivity contribution is -0.138. The third-order valence-electron chi connectivity index (χ3n) is 3.85. The van der Waals surface area contributed by atoms with E-state index in [1.165, 1.54) is 0 Å². The summed E-state index contributed by atoms with van der Waals surface area (Å²) in [5.41, 5.74) is 4.82. The lowest BCUT2D eigenvalue weighted by Crippen LogP contribution is -2.50. The highest BCUT2D eigenvalue weighted by Crippen LogP contribution is 2.33. The minimum Gasteiger partial charge on any atom is -0.409 e. The van der Waals surface area contributed by atoms with Crippen molar-refractivity contribution in [3.8, 4) is 0 Å². The van der Waals surface area contributed by atoms with Gasteiger partial charge in [-0.15, -0.1) is 0 Å².